The Bertz CT molecular complexity index is 1070. The highest BCUT2D eigenvalue weighted by atomic mass is 16.4. The number of nitrogens with zero attached hydrogens (tertiary/aromatic N) is 4. The van der Waals surface area contributed by atoms with Crippen molar-refractivity contribution < 1.29 is 14.0 Å². The van der Waals surface area contributed by atoms with Crippen LogP contribution in [0.15, 0.2) is 53.1 Å². The fourth-order valence-corrected chi connectivity index (χ4v) is 3.74. The van der Waals surface area contributed by atoms with E-state index in [1.165, 1.54) is 4.90 Å². The zero-order valence-corrected chi connectivity index (χ0v) is 17.1. The molecule has 0 radical (unpaired) electrons. The van der Waals surface area contributed by atoms with E-state index in [-0.39, 0.29) is 23.6 Å². The van der Waals surface area contributed by atoms with Crippen LogP contribution in [-0.2, 0) is 11.2 Å². The van der Waals surface area contributed by atoms with E-state index in [1.807, 2.05) is 56.3 Å². The molecule has 8 nitrogen and oxygen atoms in total. The molecule has 0 saturated heterocycles. The van der Waals surface area contributed by atoms with Gasteiger partial charge in [-0.25, -0.2) is 4.98 Å². The number of nitrogens with one attached hydrogen (secondary N) is 1. The van der Waals surface area contributed by atoms with Gasteiger partial charge < -0.3 is 9.73 Å². The van der Waals surface area contributed by atoms with Gasteiger partial charge in [0.25, 0.3) is 5.91 Å². The molecule has 0 bridgehead atoms. The summed E-state index contributed by atoms with van der Waals surface area (Å²) in [6.45, 7) is 3.97. The van der Waals surface area contributed by atoms with E-state index in [0.29, 0.717) is 18.1 Å². The first kappa shape index (κ1) is 19.8. The van der Waals surface area contributed by atoms with Crippen LogP contribution in [0.3, 0.4) is 0 Å². The van der Waals surface area contributed by atoms with Crippen molar-refractivity contribution in [1.82, 2.24) is 20.5 Å². The summed E-state index contributed by atoms with van der Waals surface area (Å²) in [5, 5.41) is 10.6. The van der Waals surface area contributed by atoms with Crippen molar-refractivity contribution in [2.75, 3.05) is 11.9 Å². The van der Waals surface area contributed by atoms with Gasteiger partial charge in [0.2, 0.25) is 5.89 Å². The van der Waals surface area contributed by atoms with Crippen LogP contribution >= 0.6 is 0 Å². The molecule has 0 saturated carbocycles. The molecule has 1 aromatic carbocycles. The third-order valence-electron chi connectivity index (χ3n) is 5.68. The zero-order valence-electron chi connectivity index (χ0n) is 17.1. The Hall–Kier alpha value is -3.55. The Morgan fingerprint density at radius 3 is 2.67 bits per heavy atom. The number of pyridine rings is 1. The third-order valence-corrected chi connectivity index (χ3v) is 5.68. The first-order valence-corrected chi connectivity index (χ1v) is 9.85. The number of fused-ring (bicyclic) bond motifs is 1. The summed E-state index contributed by atoms with van der Waals surface area (Å²) < 4.78 is 5.54. The number of hydrogen-bond acceptors (Lipinski definition) is 6. The van der Waals surface area contributed by atoms with Crippen LogP contribution in [0, 0.1) is 5.92 Å². The van der Waals surface area contributed by atoms with Crippen LogP contribution in [0.1, 0.15) is 47.5 Å². The summed E-state index contributed by atoms with van der Waals surface area (Å²) in [5.74, 6) is -0.132. The van der Waals surface area contributed by atoms with Crippen LogP contribution in [0.4, 0.5) is 5.82 Å². The molecule has 0 fully saturated rings. The lowest BCUT2D eigenvalue weighted by atomic mass is 9.85. The average molecular weight is 405 g/mol. The number of likely N-dealkylation sites (N-methyl/N-ethyl adjacent to an activating group) is 1. The number of hydrogen-bond donors (Lipinski definition) is 1. The Labute approximate surface area is 174 Å². The second-order valence-corrected chi connectivity index (χ2v) is 7.58. The summed E-state index contributed by atoms with van der Waals surface area (Å²) >= 11 is 0. The maximum atomic E-state index is 13.1. The lowest BCUT2D eigenvalue weighted by Gasteiger charge is -2.26. The molecule has 8 heteroatoms. The van der Waals surface area contributed by atoms with Gasteiger partial charge in [0.05, 0.1) is 6.42 Å². The Morgan fingerprint density at radius 1 is 1.13 bits per heavy atom. The number of aromatic nitrogens is 3. The molecule has 3 atom stereocenters. The molecule has 30 heavy (non-hydrogen) atoms. The van der Waals surface area contributed by atoms with Crippen molar-refractivity contribution in [2.45, 2.75) is 32.2 Å². The van der Waals surface area contributed by atoms with Gasteiger partial charge in [-0.3, -0.25) is 14.5 Å². The van der Waals surface area contributed by atoms with Crippen LogP contribution in [0.2, 0.25) is 0 Å². The van der Waals surface area contributed by atoms with Gasteiger partial charge in [0.15, 0.2) is 0 Å². The lowest BCUT2D eigenvalue weighted by molar-refractivity contribution is -0.121. The van der Waals surface area contributed by atoms with Gasteiger partial charge in [-0.15, -0.1) is 10.2 Å². The van der Waals surface area contributed by atoms with Gasteiger partial charge in [-0.2, -0.15) is 0 Å². The molecule has 3 heterocycles. The van der Waals surface area contributed by atoms with Crippen LogP contribution < -0.4 is 10.2 Å². The quantitative estimate of drug-likeness (QED) is 0.716. The molecule has 0 aliphatic carbocycles. The SMILES string of the molecule is C[C@@H]1[C@H](NC(=O)c2nnc(Cc3ccccc3)o2)C(=O)N(C)c2ncccc2[C@@H]1C. The highest BCUT2D eigenvalue weighted by Gasteiger charge is 2.39. The van der Waals surface area contributed by atoms with E-state index in [0.717, 1.165) is 11.1 Å². The van der Waals surface area contributed by atoms with E-state index >= 15 is 0 Å². The number of amides is 2. The lowest BCUT2D eigenvalue weighted by Crippen LogP contribution is -2.50. The largest absolute Gasteiger partial charge is 0.417 e. The second kappa shape index (κ2) is 8.06. The van der Waals surface area contributed by atoms with E-state index < -0.39 is 11.9 Å². The number of carbonyl (C=O) groups excluding carboxylic acids is 2. The van der Waals surface area contributed by atoms with Gasteiger partial charge >= 0.3 is 11.8 Å². The molecule has 1 N–H and O–H groups in total. The second-order valence-electron chi connectivity index (χ2n) is 7.58. The van der Waals surface area contributed by atoms with E-state index in [9.17, 15) is 9.59 Å². The summed E-state index contributed by atoms with van der Waals surface area (Å²) in [4.78, 5) is 31.7. The number of carbonyl (C=O) groups is 2. The molecular formula is C22H23N5O3. The van der Waals surface area contributed by atoms with Crippen LogP contribution in [0.25, 0.3) is 0 Å². The Morgan fingerprint density at radius 2 is 1.90 bits per heavy atom. The topological polar surface area (TPSA) is 101 Å². The molecule has 2 amide bonds. The molecule has 1 aliphatic rings. The fourth-order valence-electron chi connectivity index (χ4n) is 3.74. The summed E-state index contributed by atoms with van der Waals surface area (Å²) in [6, 6.07) is 12.7. The number of benzene rings is 1. The van der Waals surface area contributed by atoms with Gasteiger partial charge in [0.1, 0.15) is 11.9 Å². The first-order valence-electron chi connectivity index (χ1n) is 9.85. The monoisotopic (exact) mass is 405 g/mol. The smallest absolute Gasteiger partial charge is 0.309 e. The predicted molar refractivity (Wildman–Crippen MR) is 110 cm³/mol. The molecule has 2 aromatic heterocycles. The zero-order chi connectivity index (χ0) is 21.3. The van der Waals surface area contributed by atoms with Gasteiger partial charge in [-0.05, 0) is 29.0 Å². The highest BCUT2D eigenvalue weighted by molar-refractivity contribution is 6.01. The van der Waals surface area contributed by atoms with E-state index in [1.54, 1.807) is 13.2 Å². The van der Waals surface area contributed by atoms with Crippen LogP contribution in [-0.4, -0.2) is 40.1 Å². The van der Waals surface area contributed by atoms with Crippen molar-refractivity contribution >= 4 is 17.6 Å². The minimum atomic E-state index is -0.740. The maximum absolute atomic E-state index is 13.1. The molecule has 0 spiro atoms. The third kappa shape index (κ3) is 3.68. The molecule has 0 unspecified atom stereocenters. The van der Waals surface area contributed by atoms with Crippen LogP contribution in [0.5, 0.6) is 0 Å². The summed E-state index contributed by atoms with van der Waals surface area (Å²) in [7, 11) is 1.67. The molecule has 4 rings (SSSR count). The predicted octanol–water partition coefficient (Wildman–Crippen LogP) is 2.57. The number of anilines is 1. The average Bonchev–Trinajstić information content (AvgIpc) is 3.22. The fraction of sp³-hybridized carbons (Fsp3) is 0.318. The van der Waals surface area contributed by atoms with Crippen molar-refractivity contribution in [2.24, 2.45) is 5.92 Å². The van der Waals surface area contributed by atoms with Crippen molar-refractivity contribution in [1.29, 1.82) is 0 Å². The Balaban J connectivity index is 1.52. The standard InChI is InChI=1S/C22H23N5O3/c1-13-14(2)18(22(29)27(3)19-16(13)10-7-11-23-19)24-20(28)21-26-25-17(30-21)12-15-8-5-4-6-9-15/h4-11,13-14,18H,12H2,1-3H3,(H,24,28)/t13-,14+,18+/m1/s1. The Kier molecular flexibility index (Phi) is 5.31. The van der Waals surface area contributed by atoms with Crippen molar-refractivity contribution in [3.8, 4) is 0 Å². The number of rotatable bonds is 4. The highest BCUT2D eigenvalue weighted by Crippen LogP contribution is 2.36. The van der Waals surface area contributed by atoms with Gasteiger partial charge in [0, 0.05) is 13.2 Å². The van der Waals surface area contributed by atoms with E-state index in [2.05, 4.69) is 20.5 Å². The van der Waals surface area contributed by atoms with Gasteiger partial charge in [-0.1, -0.05) is 50.2 Å². The normalized spacial score (nSPS) is 21.1. The minimum absolute atomic E-state index is 0.0178. The minimum Gasteiger partial charge on any atom is -0.417 e. The van der Waals surface area contributed by atoms with Crippen molar-refractivity contribution in [3.05, 3.63) is 71.6 Å². The molecular weight excluding hydrogens is 382 g/mol. The van der Waals surface area contributed by atoms with Crippen molar-refractivity contribution in [3.63, 3.8) is 0 Å². The maximum Gasteiger partial charge on any atom is 0.309 e. The summed E-state index contributed by atoms with van der Waals surface area (Å²) in [6.07, 6.45) is 2.09. The van der Waals surface area contributed by atoms with E-state index in [4.69, 9.17) is 4.42 Å². The molecule has 3 aromatic rings. The molecule has 154 valence electrons. The molecule has 1 aliphatic heterocycles. The first-order chi connectivity index (χ1) is 14.5. The summed E-state index contributed by atoms with van der Waals surface area (Å²) in [5.41, 5.74) is 1.97.